The number of nitriles is 1. The lowest BCUT2D eigenvalue weighted by Gasteiger charge is -2.12. The van der Waals surface area contributed by atoms with Gasteiger partial charge < -0.3 is 5.11 Å². The van der Waals surface area contributed by atoms with Gasteiger partial charge in [-0.15, -0.1) is 11.3 Å². The van der Waals surface area contributed by atoms with E-state index in [0.717, 1.165) is 16.0 Å². The van der Waals surface area contributed by atoms with Crippen LogP contribution in [0.3, 0.4) is 0 Å². The van der Waals surface area contributed by atoms with Crippen molar-refractivity contribution in [2.75, 3.05) is 0 Å². The molecule has 0 radical (unpaired) electrons. The van der Waals surface area contributed by atoms with Crippen LogP contribution in [0.4, 0.5) is 4.39 Å². The zero-order valence-electron chi connectivity index (χ0n) is 19.3. The lowest BCUT2D eigenvalue weighted by Crippen LogP contribution is -2.41. The average Bonchev–Trinajstić information content (AvgIpc) is 3.26. The second-order valence-electron chi connectivity index (χ2n) is 8.45. The van der Waals surface area contributed by atoms with Gasteiger partial charge in [0.2, 0.25) is 0 Å². The third-order valence-electron chi connectivity index (χ3n) is 5.96. The number of aromatic hydroxyl groups is 1. The molecule has 9 heteroatoms. The molecule has 0 amide bonds. The topological polar surface area (TPSA) is 82.3 Å². The summed E-state index contributed by atoms with van der Waals surface area (Å²) in [6.45, 7) is 3.85. The fourth-order valence-electron chi connectivity index (χ4n) is 4.33. The highest BCUT2D eigenvalue weighted by atomic mass is 35.5. The highest BCUT2D eigenvalue weighted by Crippen LogP contribution is 2.32. The zero-order valence-corrected chi connectivity index (χ0v) is 20.9. The van der Waals surface area contributed by atoms with Gasteiger partial charge in [-0.1, -0.05) is 23.7 Å². The fourth-order valence-corrected chi connectivity index (χ4v) is 5.29. The van der Waals surface area contributed by atoms with Gasteiger partial charge in [-0.25, -0.2) is 14.2 Å². The third-order valence-corrected chi connectivity index (χ3v) is 7.06. The number of hydrogen-bond donors (Lipinski definition) is 1. The number of aromatic nitrogens is 3. The Hall–Kier alpha value is -4.06. The highest BCUT2D eigenvalue weighted by molar-refractivity contribution is 7.15. The quantitative estimate of drug-likeness (QED) is 0.323. The zero-order chi connectivity index (χ0) is 25.6. The first-order valence-corrected chi connectivity index (χ1v) is 12.2. The van der Waals surface area contributed by atoms with Crippen LogP contribution in [0.15, 0.2) is 65.7 Å². The normalized spacial score (nSPS) is 11.1. The second-order valence-corrected chi connectivity index (χ2v) is 10.1. The van der Waals surface area contributed by atoms with Crippen molar-refractivity contribution in [2.24, 2.45) is 0 Å². The maximum atomic E-state index is 14.8. The molecule has 0 saturated carbocycles. The predicted octanol–water partition coefficient (Wildman–Crippen LogP) is 5.41. The van der Waals surface area contributed by atoms with Gasteiger partial charge in [-0.3, -0.25) is 0 Å². The summed E-state index contributed by atoms with van der Waals surface area (Å²) < 4.78 is 18.2. The molecule has 5 aromatic rings. The molecule has 0 fully saturated rings. The van der Waals surface area contributed by atoms with E-state index in [2.05, 4.69) is 11.1 Å². The highest BCUT2D eigenvalue weighted by Gasteiger charge is 2.27. The fraction of sp³-hybridized carbons (Fsp3) is 0.111. The Morgan fingerprint density at radius 2 is 1.97 bits per heavy atom. The third kappa shape index (κ3) is 4.13. The molecular weight excluding hydrogens is 499 g/mol. The van der Waals surface area contributed by atoms with Crippen molar-refractivity contribution in [3.8, 4) is 34.2 Å². The lowest BCUT2D eigenvalue weighted by molar-refractivity contribution is -0.671. The maximum absolute atomic E-state index is 14.8. The van der Waals surface area contributed by atoms with Crippen LogP contribution in [-0.2, 0) is 6.54 Å². The molecule has 3 heterocycles. The first kappa shape index (κ1) is 23.7. The summed E-state index contributed by atoms with van der Waals surface area (Å²) >= 11 is 7.29. The van der Waals surface area contributed by atoms with E-state index in [1.807, 2.05) is 13.0 Å². The minimum absolute atomic E-state index is 0.000387. The Balaban J connectivity index is 1.81. The smallest absolute Gasteiger partial charge is 0.354 e. The Kier molecular flexibility index (Phi) is 6.04. The van der Waals surface area contributed by atoms with E-state index >= 15 is 0 Å². The summed E-state index contributed by atoms with van der Waals surface area (Å²) in [5.41, 5.74) is 2.84. The Labute approximate surface area is 214 Å². The van der Waals surface area contributed by atoms with Crippen LogP contribution in [0, 0.1) is 31.0 Å². The van der Waals surface area contributed by atoms with E-state index < -0.39 is 11.4 Å². The first-order chi connectivity index (χ1) is 17.3. The number of fused-ring (bicyclic) bond motifs is 1. The summed E-state index contributed by atoms with van der Waals surface area (Å²) in [4.78, 5) is 18.5. The predicted molar refractivity (Wildman–Crippen MR) is 137 cm³/mol. The number of benzene rings is 2. The summed E-state index contributed by atoms with van der Waals surface area (Å²) in [6, 6.07) is 15.2. The second kappa shape index (κ2) is 9.19. The minimum atomic E-state index is -0.463. The van der Waals surface area contributed by atoms with Crippen molar-refractivity contribution in [1.82, 2.24) is 9.38 Å². The first-order valence-electron chi connectivity index (χ1n) is 11.0. The van der Waals surface area contributed by atoms with Gasteiger partial charge in [0, 0.05) is 17.3 Å². The van der Waals surface area contributed by atoms with Crippen molar-refractivity contribution in [3.63, 3.8) is 0 Å². The van der Waals surface area contributed by atoms with Gasteiger partial charge in [0.05, 0.1) is 22.7 Å². The minimum Gasteiger partial charge on any atom is -0.477 e. The number of thiazole rings is 1. The molecule has 0 bridgehead atoms. The monoisotopic (exact) mass is 517 g/mol. The standard InChI is InChI=1S/C27H18ClFN4O2S/c1-15-5-6-21(22(29)8-15)18-9-17(12-30)10-19(11-18)23-25(34)32-7-3-4-16(2)24(32)33(26(23)35)14-20-13-31-27(28)36-20/h3-11,13H,14H2,1-2H3/p+1. The molecule has 0 atom stereocenters. The van der Waals surface area contributed by atoms with E-state index in [-0.39, 0.29) is 23.6 Å². The van der Waals surface area contributed by atoms with Crippen LogP contribution in [0.2, 0.25) is 4.47 Å². The number of aryl methyl sites for hydroxylation is 2. The molecule has 0 aliphatic carbocycles. The molecule has 3 aromatic heterocycles. The molecule has 0 aliphatic heterocycles. The maximum Gasteiger partial charge on any atom is 0.354 e. The van der Waals surface area contributed by atoms with Gasteiger partial charge >= 0.3 is 5.56 Å². The van der Waals surface area contributed by atoms with Gasteiger partial charge in [0.1, 0.15) is 12.4 Å². The molecular formula is C27H19ClFN4O2S+. The van der Waals surface area contributed by atoms with Crippen molar-refractivity contribution in [2.45, 2.75) is 20.4 Å². The SMILES string of the molecule is Cc1ccc(-c2cc(C#N)cc(-c3c(O)[n+](Cc4cnc(Cl)s4)c4c(C)cccn4c3=O)c2)c(F)c1. The Bertz CT molecular complexity index is 1770. The van der Waals surface area contributed by atoms with Gasteiger partial charge in [0.15, 0.2) is 10.0 Å². The molecule has 5 rings (SSSR count). The van der Waals surface area contributed by atoms with E-state index in [4.69, 9.17) is 11.6 Å². The van der Waals surface area contributed by atoms with Crippen molar-refractivity contribution < 1.29 is 14.1 Å². The van der Waals surface area contributed by atoms with Gasteiger partial charge in [-0.2, -0.15) is 14.2 Å². The number of pyridine rings is 1. The van der Waals surface area contributed by atoms with Crippen molar-refractivity contribution in [1.29, 1.82) is 5.26 Å². The molecule has 1 N–H and O–H groups in total. The molecule has 178 valence electrons. The van der Waals surface area contributed by atoms with Crippen LogP contribution in [-0.4, -0.2) is 14.5 Å². The van der Waals surface area contributed by atoms with Gasteiger partial charge in [0.25, 0.3) is 11.5 Å². The van der Waals surface area contributed by atoms with Crippen molar-refractivity contribution >= 4 is 28.6 Å². The summed E-state index contributed by atoms with van der Waals surface area (Å²) in [5, 5.41) is 21.2. The van der Waals surface area contributed by atoms with Crippen LogP contribution in [0.5, 0.6) is 5.88 Å². The van der Waals surface area contributed by atoms with E-state index in [0.29, 0.717) is 26.8 Å². The summed E-state index contributed by atoms with van der Waals surface area (Å²) in [5.74, 6) is -0.715. The van der Waals surface area contributed by atoms with Crippen LogP contribution >= 0.6 is 22.9 Å². The lowest BCUT2D eigenvalue weighted by atomic mass is 9.96. The average molecular weight is 518 g/mol. The number of nitrogens with zero attached hydrogens (tertiary/aromatic N) is 4. The van der Waals surface area contributed by atoms with Crippen LogP contribution in [0.1, 0.15) is 21.6 Å². The molecule has 0 unspecified atom stereocenters. The van der Waals surface area contributed by atoms with E-state index in [9.17, 15) is 19.6 Å². The summed E-state index contributed by atoms with van der Waals surface area (Å²) in [6.07, 6.45) is 3.24. The number of hydrogen-bond acceptors (Lipinski definition) is 5. The van der Waals surface area contributed by atoms with Crippen molar-refractivity contribution in [3.05, 3.63) is 103 Å². The number of rotatable bonds is 4. The van der Waals surface area contributed by atoms with E-state index in [1.54, 1.807) is 54.2 Å². The largest absolute Gasteiger partial charge is 0.477 e. The number of halogens is 2. The molecule has 6 nitrogen and oxygen atoms in total. The van der Waals surface area contributed by atoms with Crippen LogP contribution < -0.4 is 10.1 Å². The molecule has 0 spiro atoms. The van der Waals surface area contributed by atoms with Crippen LogP contribution in [0.25, 0.3) is 27.9 Å². The molecule has 2 aromatic carbocycles. The Morgan fingerprint density at radius 1 is 1.19 bits per heavy atom. The molecule has 0 saturated heterocycles. The summed E-state index contributed by atoms with van der Waals surface area (Å²) in [7, 11) is 0. The van der Waals surface area contributed by atoms with E-state index in [1.165, 1.54) is 27.9 Å². The molecule has 36 heavy (non-hydrogen) atoms. The molecule has 0 aliphatic rings. The Morgan fingerprint density at radius 3 is 2.67 bits per heavy atom. The van der Waals surface area contributed by atoms with Gasteiger partial charge in [-0.05, 0) is 66.9 Å².